The molecule has 10 heteroatoms. The first-order valence-corrected chi connectivity index (χ1v) is 7.08. The molecule has 0 aromatic carbocycles. The van der Waals surface area contributed by atoms with Crippen LogP contribution in [0.1, 0.15) is 26.7 Å². The molecule has 0 aliphatic carbocycles. The van der Waals surface area contributed by atoms with Crippen molar-refractivity contribution in [3.05, 3.63) is 39.4 Å². The van der Waals surface area contributed by atoms with E-state index in [1.807, 2.05) is 0 Å². The largest absolute Gasteiger partial charge is 0.480 e. The summed E-state index contributed by atoms with van der Waals surface area (Å²) in [4.78, 5) is 39.6. The minimum absolute atomic E-state index is 0.104. The van der Waals surface area contributed by atoms with Gasteiger partial charge in [-0.05, 0) is 13.0 Å². The number of rotatable bonds is 5. The zero-order chi connectivity index (χ0) is 17.1. The van der Waals surface area contributed by atoms with Gasteiger partial charge in [0.25, 0.3) is 11.8 Å². The first-order chi connectivity index (χ1) is 10.8. The van der Waals surface area contributed by atoms with Gasteiger partial charge in [-0.2, -0.15) is 0 Å². The maximum atomic E-state index is 12.1. The lowest BCUT2D eigenvalue weighted by molar-refractivity contribution is -0.135. The molecule has 5 N–H and O–H groups in total. The van der Waals surface area contributed by atoms with Crippen molar-refractivity contribution >= 4 is 46.7 Å². The summed E-state index contributed by atoms with van der Waals surface area (Å²) in [6, 6.07) is 1.36. The first kappa shape index (κ1) is 16.9. The summed E-state index contributed by atoms with van der Waals surface area (Å²) in [5.74, 6) is -2.29. The summed E-state index contributed by atoms with van der Waals surface area (Å²) < 4.78 is 0. The fraction of sp³-hybridized carbons (Fsp3) is 0.154. The maximum Gasteiger partial charge on any atom is 0.322 e. The Hall–Kier alpha value is -2.45. The van der Waals surface area contributed by atoms with E-state index >= 15 is 0 Å². The van der Waals surface area contributed by atoms with Crippen LogP contribution in [0.25, 0.3) is 0 Å². The predicted octanol–water partition coefficient (Wildman–Crippen LogP) is 2.02. The Labute approximate surface area is 140 Å². The van der Waals surface area contributed by atoms with Crippen molar-refractivity contribution in [2.75, 3.05) is 11.9 Å². The molecule has 0 aliphatic heterocycles. The summed E-state index contributed by atoms with van der Waals surface area (Å²) in [6.07, 6.45) is 1.39. The molecule has 0 fully saturated rings. The van der Waals surface area contributed by atoms with Gasteiger partial charge >= 0.3 is 5.97 Å². The smallest absolute Gasteiger partial charge is 0.322 e. The van der Waals surface area contributed by atoms with Crippen LogP contribution < -0.4 is 10.6 Å². The average molecular weight is 359 g/mol. The van der Waals surface area contributed by atoms with E-state index in [-0.39, 0.29) is 21.4 Å². The molecular formula is C13H12Cl2N4O4. The van der Waals surface area contributed by atoms with Crippen LogP contribution in [0.4, 0.5) is 5.69 Å². The molecular weight excluding hydrogens is 347 g/mol. The van der Waals surface area contributed by atoms with Crippen molar-refractivity contribution in [3.8, 4) is 0 Å². The Morgan fingerprint density at radius 3 is 2.48 bits per heavy atom. The lowest BCUT2D eigenvalue weighted by Crippen LogP contribution is -2.29. The fourth-order valence-corrected chi connectivity index (χ4v) is 2.19. The van der Waals surface area contributed by atoms with E-state index in [9.17, 15) is 14.4 Å². The zero-order valence-electron chi connectivity index (χ0n) is 11.8. The van der Waals surface area contributed by atoms with Crippen molar-refractivity contribution in [1.82, 2.24) is 15.3 Å². The van der Waals surface area contributed by atoms with Crippen molar-refractivity contribution < 1.29 is 19.5 Å². The highest BCUT2D eigenvalue weighted by Crippen LogP contribution is 2.29. The molecule has 0 aliphatic rings. The highest BCUT2D eigenvalue weighted by Gasteiger charge is 2.19. The number of amides is 2. The minimum atomic E-state index is -1.16. The molecule has 2 heterocycles. The molecule has 2 aromatic heterocycles. The van der Waals surface area contributed by atoms with Crippen LogP contribution in [-0.2, 0) is 4.79 Å². The van der Waals surface area contributed by atoms with Gasteiger partial charge in [0.2, 0.25) is 0 Å². The van der Waals surface area contributed by atoms with E-state index in [0.29, 0.717) is 11.4 Å². The van der Waals surface area contributed by atoms with Gasteiger partial charge < -0.3 is 25.7 Å². The highest BCUT2D eigenvalue weighted by molar-refractivity contribution is 6.44. The molecule has 2 amide bonds. The monoisotopic (exact) mass is 358 g/mol. The summed E-state index contributed by atoms with van der Waals surface area (Å²) in [7, 11) is 0. The molecule has 0 unspecified atom stereocenters. The van der Waals surface area contributed by atoms with Gasteiger partial charge in [0.1, 0.15) is 17.9 Å². The molecule has 0 saturated carbocycles. The van der Waals surface area contributed by atoms with Crippen molar-refractivity contribution in [2.24, 2.45) is 0 Å². The number of carbonyl (C=O) groups is 3. The molecule has 122 valence electrons. The number of halogens is 2. The number of aromatic nitrogens is 2. The fourth-order valence-electron chi connectivity index (χ4n) is 1.77. The standard InChI is InChI=1S/C13H12Cl2N4O4/c1-5-9(14)10(15)11(18-5)13(23)19-6-2-7(16-3-6)12(22)17-4-8(20)21/h2-3,16,18H,4H2,1H3,(H,17,22)(H,19,23)(H,20,21). The number of H-pyrrole nitrogens is 2. The average Bonchev–Trinajstić information content (AvgIpc) is 3.05. The Morgan fingerprint density at radius 2 is 1.91 bits per heavy atom. The van der Waals surface area contributed by atoms with Gasteiger partial charge in [-0.25, -0.2) is 0 Å². The van der Waals surface area contributed by atoms with Gasteiger partial charge in [0, 0.05) is 11.9 Å². The van der Waals surface area contributed by atoms with Crippen LogP contribution in [0.3, 0.4) is 0 Å². The summed E-state index contributed by atoms with van der Waals surface area (Å²) in [6.45, 7) is 1.17. The second kappa shape index (κ2) is 6.76. The second-order valence-corrected chi connectivity index (χ2v) is 5.34. The van der Waals surface area contributed by atoms with Crippen molar-refractivity contribution in [2.45, 2.75) is 6.92 Å². The number of carboxylic acids is 1. The van der Waals surface area contributed by atoms with Gasteiger partial charge in [-0.15, -0.1) is 0 Å². The topological polar surface area (TPSA) is 127 Å². The number of nitrogens with one attached hydrogen (secondary N) is 4. The third-order valence-corrected chi connectivity index (χ3v) is 3.81. The zero-order valence-corrected chi connectivity index (χ0v) is 13.3. The number of aryl methyl sites for hydroxylation is 1. The number of aliphatic carboxylic acids is 1. The van der Waals surface area contributed by atoms with E-state index in [1.54, 1.807) is 6.92 Å². The second-order valence-electron chi connectivity index (χ2n) is 4.59. The molecule has 23 heavy (non-hydrogen) atoms. The molecule has 0 bridgehead atoms. The third-order valence-electron chi connectivity index (χ3n) is 2.87. The van der Waals surface area contributed by atoms with Crippen LogP contribution in [0.15, 0.2) is 12.3 Å². The van der Waals surface area contributed by atoms with E-state index < -0.39 is 24.3 Å². The normalized spacial score (nSPS) is 10.4. The summed E-state index contributed by atoms with van der Waals surface area (Å²) >= 11 is 11.9. The van der Waals surface area contributed by atoms with Crippen LogP contribution in [0, 0.1) is 6.92 Å². The number of hydrogen-bond donors (Lipinski definition) is 5. The van der Waals surface area contributed by atoms with Gasteiger partial charge in [-0.3, -0.25) is 14.4 Å². The van der Waals surface area contributed by atoms with Gasteiger partial charge in [-0.1, -0.05) is 23.2 Å². The number of hydrogen-bond acceptors (Lipinski definition) is 3. The Kier molecular flexibility index (Phi) is 4.97. The minimum Gasteiger partial charge on any atom is -0.480 e. The molecule has 0 saturated heterocycles. The number of anilines is 1. The first-order valence-electron chi connectivity index (χ1n) is 6.33. The molecule has 2 rings (SSSR count). The van der Waals surface area contributed by atoms with Gasteiger partial charge in [0.15, 0.2) is 0 Å². The van der Waals surface area contributed by atoms with Crippen LogP contribution in [-0.4, -0.2) is 39.4 Å². The molecule has 0 spiro atoms. The number of carboxylic acid groups (broad SMARTS) is 1. The Balaban J connectivity index is 2.06. The maximum absolute atomic E-state index is 12.1. The van der Waals surface area contributed by atoms with Gasteiger partial charge in [0.05, 0.1) is 15.7 Å². The van der Waals surface area contributed by atoms with Crippen LogP contribution in [0.5, 0.6) is 0 Å². The SMILES string of the molecule is Cc1[nH]c(C(=O)Nc2c[nH]c(C(=O)NCC(=O)O)c2)c(Cl)c1Cl. The summed E-state index contributed by atoms with van der Waals surface area (Å²) in [5.41, 5.74) is 1.08. The molecule has 8 nitrogen and oxygen atoms in total. The van der Waals surface area contributed by atoms with Crippen LogP contribution >= 0.6 is 23.2 Å². The number of carbonyl (C=O) groups excluding carboxylic acids is 2. The lowest BCUT2D eigenvalue weighted by Gasteiger charge is -2.01. The third kappa shape index (κ3) is 3.85. The molecule has 0 radical (unpaired) electrons. The molecule has 0 atom stereocenters. The lowest BCUT2D eigenvalue weighted by atomic mass is 10.3. The quantitative estimate of drug-likeness (QED) is 0.560. The van der Waals surface area contributed by atoms with E-state index in [0.717, 1.165) is 0 Å². The summed E-state index contributed by atoms with van der Waals surface area (Å²) in [5, 5.41) is 13.6. The Bertz CT molecular complexity index is 781. The van der Waals surface area contributed by atoms with Crippen molar-refractivity contribution in [3.63, 3.8) is 0 Å². The predicted molar refractivity (Wildman–Crippen MR) is 84.3 cm³/mol. The van der Waals surface area contributed by atoms with Crippen LogP contribution in [0.2, 0.25) is 10.0 Å². The van der Waals surface area contributed by atoms with E-state index in [4.69, 9.17) is 28.3 Å². The highest BCUT2D eigenvalue weighted by atomic mass is 35.5. The molecule has 2 aromatic rings. The van der Waals surface area contributed by atoms with Crippen molar-refractivity contribution in [1.29, 1.82) is 0 Å². The Morgan fingerprint density at radius 1 is 1.22 bits per heavy atom. The van der Waals surface area contributed by atoms with E-state index in [1.165, 1.54) is 12.3 Å². The number of aromatic amines is 2. The van der Waals surface area contributed by atoms with E-state index in [2.05, 4.69) is 20.6 Å².